The molecule has 0 fully saturated rings. The number of carbonyl (C=O) groups is 2. The molecule has 2 heterocycles. The fourth-order valence-corrected chi connectivity index (χ4v) is 3.40. The van der Waals surface area contributed by atoms with Crippen molar-refractivity contribution in [1.82, 2.24) is 10.3 Å². The minimum absolute atomic E-state index is 0.0394. The van der Waals surface area contributed by atoms with Crippen LogP contribution in [-0.4, -0.2) is 42.2 Å². The molecule has 0 saturated carbocycles. The van der Waals surface area contributed by atoms with E-state index in [1.807, 2.05) is 18.2 Å². The Morgan fingerprint density at radius 1 is 1.48 bits per heavy atom. The van der Waals surface area contributed by atoms with Crippen LogP contribution in [0.2, 0.25) is 0 Å². The van der Waals surface area contributed by atoms with Crippen molar-refractivity contribution in [2.45, 2.75) is 12.8 Å². The van der Waals surface area contributed by atoms with Gasteiger partial charge in [-0.2, -0.15) is 0 Å². The van der Waals surface area contributed by atoms with Crippen LogP contribution in [0, 0.1) is 5.92 Å². The fourth-order valence-electron chi connectivity index (χ4n) is 2.63. The number of nitrogens with one attached hydrogen (secondary N) is 1. The Hall–Kier alpha value is -2.61. The highest BCUT2D eigenvalue weighted by Crippen LogP contribution is 2.30. The van der Waals surface area contributed by atoms with Crippen molar-refractivity contribution >= 4 is 23.2 Å². The second-order valence-electron chi connectivity index (χ2n) is 5.66. The summed E-state index contributed by atoms with van der Waals surface area (Å²) in [6, 6.07) is 5.57. The molecule has 2 N–H and O–H groups in total. The lowest BCUT2D eigenvalue weighted by Gasteiger charge is -2.25. The van der Waals surface area contributed by atoms with Gasteiger partial charge in [0.2, 0.25) is 5.91 Å². The van der Waals surface area contributed by atoms with E-state index in [9.17, 15) is 9.59 Å². The second-order valence-corrected chi connectivity index (χ2v) is 6.60. The number of benzene rings is 1. The van der Waals surface area contributed by atoms with Crippen molar-refractivity contribution in [3.8, 4) is 11.5 Å². The van der Waals surface area contributed by atoms with Gasteiger partial charge in [-0.25, -0.2) is 9.78 Å². The molecule has 1 amide bonds. The van der Waals surface area contributed by atoms with E-state index in [-0.39, 0.29) is 17.5 Å². The van der Waals surface area contributed by atoms with E-state index < -0.39 is 5.97 Å². The van der Waals surface area contributed by atoms with Gasteiger partial charge in [-0.1, -0.05) is 0 Å². The van der Waals surface area contributed by atoms with Gasteiger partial charge in [-0.3, -0.25) is 4.79 Å². The molecule has 7 nitrogen and oxygen atoms in total. The molecule has 1 unspecified atom stereocenters. The molecule has 0 radical (unpaired) electrons. The molecule has 1 atom stereocenters. The van der Waals surface area contributed by atoms with Crippen LogP contribution >= 0.6 is 11.3 Å². The van der Waals surface area contributed by atoms with Gasteiger partial charge in [0.25, 0.3) is 0 Å². The zero-order chi connectivity index (χ0) is 17.8. The largest absolute Gasteiger partial charge is 0.497 e. The summed E-state index contributed by atoms with van der Waals surface area (Å²) in [5.74, 6) is 0.143. The number of fused-ring (bicyclic) bond motifs is 1. The smallest absolute Gasteiger partial charge is 0.355 e. The van der Waals surface area contributed by atoms with Crippen LogP contribution in [0.4, 0.5) is 0 Å². The fraction of sp³-hybridized carbons (Fsp3) is 0.353. The van der Waals surface area contributed by atoms with Crippen LogP contribution in [0.25, 0.3) is 0 Å². The number of carboxylic acid groups (broad SMARTS) is 1. The molecule has 8 heteroatoms. The predicted molar refractivity (Wildman–Crippen MR) is 91.5 cm³/mol. The van der Waals surface area contributed by atoms with E-state index >= 15 is 0 Å². The van der Waals surface area contributed by atoms with Crippen LogP contribution in [0.1, 0.15) is 21.1 Å². The van der Waals surface area contributed by atoms with Crippen molar-refractivity contribution in [1.29, 1.82) is 0 Å². The number of hydrogen-bond donors (Lipinski definition) is 2. The first-order valence-corrected chi connectivity index (χ1v) is 8.70. The minimum atomic E-state index is -1.04. The Kier molecular flexibility index (Phi) is 5.18. The highest BCUT2D eigenvalue weighted by molar-refractivity contribution is 7.09. The Morgan fingerprint density at radius 2 is 2.32 bits per heavy atom. The number of amides is 1. The van der Waals surface area contributed by atoms with Crippen LogP contribution in [-0.2, 0) is 17.6 Å². The molecular weight excluding hydrogens is 344 g/mol. The monoisotopic (exact) mass is 362 g/mol. The summed E-state index contributed by atoms with van der Waals surface area (Å²) in [7, 11) is 1.60. The SMILES string of the molecule is COc1ccc2c(c1)CC(C(=O)NCCc1nc(C(=O)O)cs1)CO2. The molecule has 0 bridgehead atoms. The van der Waals surface area contributed by atoms with Gasteiger partial charge < -0.3 is 19.9 Å². The number of hydrogen-bond acceptors (Lipinski definition) is 6. The highest BCUT2D eigenvalue weighted by Gasteiger charge is 2.26. The van der Waals surface area contributed by atoms with Crippen LogP contribution in [0.15, 0.2) is 23.6 Å². The van der Waals surface area contributed by atoms with Gasteiger partial charge in [0, 0.05) is 18.3 Å². The first-order valence-electron chi connectivity index (χ1n) is 7.82. The molecule has 1 aliphatic rings. The third kappa shape index (κ3) is 4.08. The third-order valence-electron chi connectivity index (χ3n) is 3.95. The number of aromatic carboxylic acids is 1. The number of carboxylic acids is 1. The second kappa shape index (κ2) is 7.52. The molecule has 1 aromatic heterocycles. The highest BCUT2D eigenvalue weighted by atomic mass is 32.1. The number of rotatable bonds is 6. The number of thiazole rings is 1. The molecule has 0 spiro atoms. The topological polar surface area (TPSA) is 97.8 Å². The summed E-state index contributed by atoms with van der Waals surface area (Å²) in [6.07, 6.45) is 1.10. The van der Waals surface area contributed by atoms with Crippen LogP contribution < -0.4 is 14.8 Å². The number of nitrogens with zero attached hydrogens (tertiary/aromatic N) is 1. The summed E-state index contributed by atoms with van der Waals surface area (Å²) in [6.45, 7) is 0.748. The first-order chi connectivity index (χ1) is 12.1. The van der Waals surface area contributed by atoms with Gasteiger partial charge in [0.05, 0.1) is 18.0 Å². The van der Waals surface area contributed by atoms with Crippen molar-refractivity contribution < 1.29 is 24.2 Å². The van der Waals surface area contributed by atoms with E-state index in [0.717, 1.165) is 17.1 Å². The molecule has 25 heavy (non-hydrogen) atoms. The summed E-state index contributed by atoms with van der Waals surface area (Å²) in [5, 5.41) is 13.9. The molecule has 0 aliphatic carbocycles. The zero-order valence-electron chi connectivity index (χ0n) is 13.7. The van der Waals surface area contributed by atoms with E-state index in [1.165, 1.54) is 16.7 Å². The lowest BCUT2D eigenvalue weighted by molar-refractivity contribution is -0.126. The van der Waals surface area contributed by atoms with Gasteiger partial charge in [-0.15, -0.1) is 11.3 Å². The molecule has 1 aliphatic heterocycles. The molecular formula is C17H18N2O5S. The van der Waals surface area contributed by atoms with E-state index in [4.69, 9.17) is 14.6 Å². The van der Waals surface area contributed by atoms with Gasteiger partial charge >= 0.3 is 5.97 Å². The first kappa shape index (κ1) is 17.2. The van der Waals surface area contributed by atoms with Gasteiger partial charge in [0.1, 0.15) is 18.1 Å². The van der Waals surface area contributed by atoms with Crippen LogP contribution in [0.3, 0.4) is 0 Å². The molecule has 1 aromatic carbocycles. The Labute approximate surface area is 148 Å². The average Bonchev–Trinajstić information content (AvgIpc) is 3.10. The van der Waals surface area contributed by atoms with Crippen molar-refractivity contribution in [2.75, 3.05) is 20.3 Å². The van der Waals surface area contributed by atoms with E-state index in [2.05, 4.69) is 10.3 Å². The summed E-state index contributed by atoms with van der Waals surface area (Å²) in [4.78, 5) is 27.1. The average molecular weight is 362 g/mol. The normalized spacial score (nSPS) is 15.8. The summed E-state index contributed by atoms with van der Waals surface area (Å²) >= 11 is 1.28. The zero-order valence-corrected chi connectivity index (χ0v) is 14.5. The van der Waals surface area contributed by atoms with E-state index in [1.54, 1.807) is 7.11 Å². The number of aromatic nitrogens is 1. The van der Waals surface area contributed by atoms with Crippen LogP contribution in [0.5, 0.6) is 11.5 Å². The minimum Gasteiger partial charge on any atom is -0.497 e. The standard InChI is InChI=1S/C17H18N2O5S/c1-23-12-2-3-14-10(7-12)6-11(8-24-14)16(20)18-5-4-15-19-13(9-25-15)17(21)22/h2-3,7,9,11H,4-6,8H2,1H3,(H,18,20)(H,21,22). The maximum absolute atomic E-state index is 12.3. The number of carbonyl (C=O) groups excluding carboxylic acids is 1. The van der Waals surface area contributed by atoms with Crippen molar-refractivity contribution in [3.05, 3.63) is 39.8 Å². The third-order valence-corrected chi connectivity index (χ3v) is 4.86. The number of methoxy groups -OCH3 is 1. The molecule has 0 saturated heterocycles. The maximum Gasteiger partial charge on any atom is 0.355 e. The lowest BCUT2D eigenvalue weighted by atomic mass is 9.96. The van der Waals surface area contributed by atoms with Crippen molar-refractivity contribution in [3.63, 3.8) is 0 Å². The summed E-state index contributed by atoms with van der Waals surface area (Å²) < 4.78 is 10.9. The summed E-state index contributed by atoms with van der Waals surface area (Å²) in [5.41, 5.74) is 0.995. The van der Waals surface area contributed by atoms with Gasteiger partial charge in [0.15, 0.2) is 5.69 Å². The predicted octanol–water partition coefficient (Wildman–Crippen LogP) is 1.76. The maximum atomic E-state index is 12.3. The molecule has 132 valence electrons. The lowest BCUT2D eigenvalue weighted by Crippen LogP contribution is -2.38. The van der Waals surface area contributed by atoms with Gasteiger partial charge in [-0.05, 0) is 30.2 Å². The Balaban J connectivity index is 1.52. The molecule has 2 aromatic rings. The Morgan fingerprint density at radius 3 is 3.04 bits per heavy atom. The number of ether oxygens (including phenoxy) is 2. The molecule has 3 rings (SSSR count). The van der Waals surface area contributed by atoms with E-state index in [0.29, 0.717) is 31.0 Å². The quantitative estimate of drug-likeness (QED) is 0.813. The van der Waals surface area contributed by atoms with Crippen molar-refractivity contribution in [2.24, 2.45) is 5.92 Å². The Bertz CT molecular complexity index is 789.